The highest BCUT2D eigenvalue weighted by Crippen LogP contribution is 2.20. The molecule has 1 atom stereocenters. The number of ether oxygens (including phenoxy) is 1. The van der Waals surface area contributed by atoms with E-state index >= 15 is 0 Å². The third-order valence-corrected chi connectivity index (χ3v) is 1.77. The Labute approximate surface area is 60.9 Å². The molecule has 1 rings (SSSR count). The fourth-order valence-electron chi connectivity index (χ4n) is 1.16. The summed E-state index contributed by atoms with van der Waals surface area (Å²) in [4.78, 5) is 10.7. The third kappa shape index (κ3) is 1.87. The molecule has 0 aromatic carbocycles. The maximum absolute atomic E-state index is 10.7. The second kappa shape index (κ2) is 3.40. The molecular formula is C8H12O2. The van der Waals surface area contributed by atoms with Crippen molar-refractivity contribution in [2.45, 2.75) is 19.3 Å². The fourth-order valence-corrected chi connectivity index (χ4v) is 1.16. The zero-order chi connectivity index (χ0) is 7.40. The molecule has 0 aliphatic heterocycles. The predicted octanol–water partition coefficient (Wildman–Crippen LogP) is 1.52. The van der Waals surface area contributed by atoms with E-state index in [1.54, 1.807) is 0 Å². The number of carbonyl (C=O) groups excluding carboxylic acids is 1. The van der Waals surface area contributed by atoms with Crippen molar-refractivity contribution in [3.05, 3.63) is 12.2 Å². The molecule has 0 fully saturated rings. The van der Waals surface area contributed by atoms with Gasteiger partial charge >= 0.3 is 5.97 Å². The lowest BCUT2D eigenvalue weighted by Crippen LogP contribution is -2.05. The SMILES string of the molecule is COC(=O)CC1C=CCC1. The molecule has 10 heavy (non-hydrogen) atoms. The van der Waals surface area contributed by atoms with Crippen LogP contribution in [0.5, 0.6) is 0 Å². The van der Waals surface area contributed by atoms with Gasteiger partial charge in [-0.2, -0.15) is 0 Å². The molecule has 1 aliphatic rings. The molecule has 0 aromatic rings. The summed E-state index contributed by atoms with van der Waals surface area (Å²) in [7, 11) is 1.43. The van der Waals surface area contributed by atoms with E-state index in [0.717, 1.165) is 12.8 Å². The van der Waals surface area contributed by atoms with Crippen molar-refractivity contribution < 1.29 is 9.53 Å². The molecule has 0 saturated heterocycles. The Balaban J connectivity index is 2.24. The Morgan fingerprint density at radius 3 is 3.10 bits per heavy atom. The molecule has 2 heteroatoms. The Hall–Kier alpha value is -0.790. The minimum atomic E-state index is -0.100. The Morgan fingerprint density at radius 2 is 2.60 bits per heavy atom. The van der Waals surface area contributed by atoms with E-state index in [-0.39, 0.29) is 5.97 Å². The highest BCUT2D eigenvalue weighted by molar-refractivity contribution is 5.69. The maximum atomic E-state index is 10.7. The maximum Gasteiger partial charge on any atom is 0.306 e. The zero-order valence-corrected chi connectivity index (χ0v) is 6.17. The quantitative estimate of drug-likeness (QED) is 0.429. The smallest absolute Gasteiger partial charge is 0.306 e. The van der Waals surface area contributed by atoms with Gasteiger partial charge in [-0.1, -0.05) is 12.2 Å². The van der Waals surface area contributed by atoms with Crippen LogP contribution in [-0.2, 0) is 9.53 Å². The molecule has 56 valence electrons. The highest BCUT2D eigenvalue weighted by Gasteiger charge is 2.13. The summed E-state index contributed by atoms with van der Waals surface area (Å²) in [5.74, 6) is 0.337. The van der Waals surface area contributed by atoms with Crippen molar-refractivity contribution in [1.82, 2.24) is 0 Å². The molecule has 0 saturated carbocycles. The number of carbonyl (C=O) groups is 1. The first kappa shape index (κ1) is 7.32. The van der Waals surface area contributed by atoms with Gasteiger partial charge in [0.2, 0.25) is 0 Å². The van der Waals surface area contributed by atoms with Crippen LogP contribution in [0.15, 0.2) is 12.2 Å². The second-order valence-corrected chi connectivity index (χ2v) is 2.55. The van der Waals surface area contributed by atoms with Gasteiger partial charge in [0, 0.05) is 0 Å². The van der Waals surface area contributed by atoms with Crippen molar-refractivity contribution in [3.8, 4) is 0 Å². The Kier molecular flexibility index (Phi) is 2.49. The van der Waals surface area contributed by atoms with Gasteiger partial charge in [0.05, 0.1) is 13.5 Å². The molecule has 1 unspecified atom stereocenters. The van der Waals surface area contributed by atoms with Crippen LogP contribution >= 0.6 is 0 Å². The van der Waals surface area contributed by atoms with Crippen LogP contribution in [-0.4, -0.2) is 13.1 Å². The number of esters is 1. The van der Waals surface area contributed by atoms with Gasteiger partial charge < -0.3 is 4.74 Å². The van der Waals surface area contributed by atoms with Crippen LogP contribution in [0.25, 0.3) is 0 Å². The van der Waals surface area contributed by atoms with Gasteiger partial charge in [0.25, 0.3) is 0 Å². The Bertz CT molecular complexity index is 149. The lowest BCUT2D eigenvalue weighted by molar-refractivity contribution is -0.141. The number of methoxy groups -OCH3 is 1. The topological polar surface area (TPSA) is 26.3 Å². The average Bonchev–Trinajstić information content (AvgIpc) is 2.40. The molecule has 0 heterocycles. The van der Waals surface area contributed by atoms with E-state index in [1.165, 1.54) is 7.11 Å². The molecule has 0 bridgehead atoms. The zero-order valence-electron chi connectivity index (χ0n) is 6.17. The standard InChI is InChI=1S/C8H12O2/c1-10-8(9)6-7-4-2-3-5-7/h2,4,7H,3,5-6H2,1H3. The van der Waals surface area contributed by atoms with Crippen LogP contribution in [0.2, 0.25) is 0 Å². The number of hydrogen-bond acceptors (Lipinski definition) is 2. The summed E-state index contributed by atoms with van der Waals surface area (Å²) in [6.07, 6.45) is 6.98. The minimum absolute atomic E-state index is 0.100. The summed E-state index contributed by atoms with van der Waals surface area (Å²) in [5.41, 5.74) is 0. The monoisotopic (exact) mass is 140 g/mol. The molecular weight excluding hydrogens is 128 g/mol. The molecule has 0 amide bonds. The van der Waals surface area contributed by atoms with Gasteiger partial charge in [0.1, 0.15) is 0 Å². The van der Waals surface area contributed by atoms with Gasteiger partial charge in [0.15, 0.2) is 0 Å². The van der Waals surface area contributed by atoms with Gasteiger partial charge in [-0.05, 0) is 18.8 Å². The lowest BCUT2D eigenvalue weighted by Gasteiger charge is -2.03. The van der Waals surface area contributed by atoms with Gasteiger partial charge in [-0.3, -0.25) is 4.79 Å². The normalized spacial score (nSPS) is 23.1. The first-order valence-electron chi connectivity index (χ1n) is 3.56. The molecule has 0 radical (unpaired) electrons. The number of hydrogen-bond donors (Lipinski definition) is 0. The third-order valence-electron chi connectivity index (χ3n) is 1.77. The van der Waals surface area contributed by atoms with Crippen LogP contribution in [0, 0.1) is 5.92 Å². The summed E-state index contributed by atoms with van der Waals surface area (Å²) in [5, 5.41) is 0. The van der Waals surface area contributed by atoms with Crippen LogP contribution in [0.4, 0.5) is 0 Å². The van der Waals surface area contributed by atoms with E-state index in [2.05, 4.69) is 16.9 Å². The van der Waals surface area contributed by atoms with E-state index in [4.69, 9.17) is 0 Å². The molecule has 0 aromatic heterocycles. The van der Waals surface area contributed by atoms with Crippen molar-refractivity contribution >= 4 is 5.97 Å². The predicted molar refractivity (Wildman–Crippen MR) is 38.5 cm³/mol. The average molecular weight is 140 g/mol. The number of allylic oxidation sites excluding steroid dienone is 2. The summed E-state index contributed by atoms with van der Waals surface area (Å²) in [6.45, 7) is 0. The molecule has 2 nitrogen and oxygen atoms in total. The first-order chi connectivity index (χ1) is 4.83. The van der Waals surface area contributed by atoms with Crippen molar-refractivity contribution in [1.29, 1.82) is 0 Å². The largest absolute Gasteiger partial charge is 0.469 e. The van der Waals surface area contributed by atoms with Gasteiger partial charge in [-0.15, -0.1) is 0 Å². The summed E-state index contributed by atoms with van der Waals surface area (Å²) >= 11 is 0. The van der Waals surface area contributed by atoms with E-state index < -0.39 is 0 Å². The number of rotatable bonds is 2. The summed E-state index contributed by atoms with van der Waals surface area (Å²) in [6, 6.07) is 0. The van der Waals surface area contributed by atoms with Crippen LogP contribution in [0.1, 0.15) is 19.3 Å². The van der Waals surface area contributed by atoms with Crippen LogP contribution in [0.3, 0.4) is 0 Å². The first-order valence-corrected chi connectivity index (χ1v) is 3.56. The molecule has 1 aliphatic carbocycles. The van der Waals surface area contributed by atoms with Gasteiger partial charge in [-0.25, -0.2) is 0 Å². The van der Waals surface area contributed by atoms with E-state index in [9.17, 15) is 4.79 Å². The molecule has 0 spiro atoms. The second-order valence-electron chi connectivity index (χ2n) is 2.55. The van der Waals surface area contributed by atoms with Crippen molar-refractivity contribution in [2.75, 3.05) is 7.11 Å². The van der Waals surface area contributed by atoms with Crippen molar-refractivity contribution in [3.63, 3.8) is 0 Å². The van der Waals surface area contributed by atoms with Crippen LogP contribution < -0.4 is 0 Å². The highest BCUT2D eigenvalue weighted by atomic mass is 16.5. The van der Waals surface area contributed by atoms with E-state index in [0.29, 0.717) is 12.3 Å². The Morgan fingerprint density at radius 1 is 1.80 bits per heavy atom. The minimum Gasteiger partial charge on any atom is -0.469 e. The van der Waals surface area contributed by atoms with E-state index in [1.807, 2.05) is 0 Å². The summed E-state index contributed by atoms with van der Waals surface area (Å²) < 4.78 is 4.54. The fraction of sp³-hybridized carbons (Fsp3) is 0.625. The molecule has 0 N–H and O–H groups in total. The lowest BCUT2D eigenvalue weighted by atomic mass is 10.1. The van der Waals surface area contributed by atoms with Crippen molar-refractivity contribution in [2.24, 2.45) is 5.92 Å².